The van der Waals surface area contributed by atoms with Gasteiger partial charge in [0.15, 0.2) is 0 Å². The lowest BCUT2D eigenvalue weighted by Gasteiger charge is -2.04. The molecule has 2 rings (SSSR count). The van der Waals surface area contributed by atoms with E-state index in [0.717, 1.165) is 16.6 Å². The largest absolute Gasteiger partial charge is 0.328 e. The molecule has 0 aliphatic rings. The third-order valence-electron chi connectivity index (χ3n) is 2.62. The van der Waals surface area contributed by atoms with Crippen molar-refractivity contribution < 1.29 is 0 Å². The van der Waals surface area contributed by atoms with E-state index in [2.05, 4.69) is 11.6 Å². The first-order valence-electron chi connectivity index (χ1n) is 4.81. The molecular weight excluding hydrogens is 226 g/mol. The molecule has 0 atom stereocenters. The zero-order valence-corrected chi connectivity index (χ0v) is 10.2. The maximum Gasteiger partial charge on any atom is 0.328 e. The summed E-state index contributed by atoms with van der Waals surface area (Å²) in [7, 11) is 3.43. The molecule has 0 amide bonds. The summed E-state index contributed by atoms with van der Waals surface area (Å²) in [6.07, 6.45) is 0. The Hall–Kier alpha value is -1.55. The highest BCUT2D eigenvalue weighted by molar-refractivity contribution is 6.30. The number of aromatic nitrogens is 3. The van der Waals surface area contributed by atoms with E-state index >= 15 is 0 Å². The minimum absolute atomic E-state index is 0.0958. The number of allylic oxidation sites excluding steroid dienone is 1. The van der Waals surface area contributed by atoms with E-state index in [-0.39, 0.29) is 5.69 Å². The van der Waals surface area contributed by atoms with Gasteiger partial charge in [0.25, 0.3) is 0 Å². The number of pyridine rings is 1. The van der Waals surface area contributed by atoms with Gasteiger partial charge in [-0.1, -0.05) is 18.2 Å². The van der Waals surface area contributed by atoms with Crippen molar-refractivity contribution in [3.05, 3.63) is 34.0 Å². The van der Waals surface area contributed by atoms with Crippen molar-refractivity contribution >= 4 is 28.2 Å². The van der Waals surface area contributed by atoms with Crippen molar-refractivity contribution in [3.8, 4) is 0 Å². The van der Waals surface area contributed by atoms with Crippen LogP contribution in [0.25, 0.3) is 16.6 Å². The zero-order valence-electron chi connectivity index (χ0n) is 9.41. The summed E-state index contributed by atoms with van der Waals surface area (Å²) in [5.41, 5.74) is 2.90. The average Bonchev–Trinajstić information content (AvgIpc) is 2.43. The molecule has 0 N–H and O–H groups in total. The normalized spacial score (nSPS) is 11.0. The Morgan fingerprint density at radius 3 is 2.62 bits per heavy atom. The summed E-state index contributed by atoms with van der Waals surface area (Å²) in [6.45, 7) is 5.69. The molecule has 0 saturated heterocycles. The van der Waals surface area contributed by atoms with Gasteiger partial charge in [0, 0.05) is 20.2 Å². The lowest BCUT2D eigenvalue weighted by molar-refractivity contribution is 0.794. The van der Waals surface area contributed by atoms with Crippen molar-refractivity contribution in [1.82, 2.24) is 14.1 Å². The van der Waals surface area contributed by atoms with Crippen LogP contribution < -0.4 is 5.69 Å². The summed E-state index contributed by atoms with van der Waals surface area (Å²) in [6, 6.07) is 1.69. The molecule has 0 saturated carbocycles. The molecule has 0 aliphatic carbocycles. The molecule has 0 radical (unpaired) electrons. The monoisotopic (exact) mass is 237 g/mol. The van der Waals surface area contributed by atoms with Gasteiger partial charge in [0.2, 0.25) is 0 Å². The van der Waals surface area contributed by atoms with E-state index in [1.807, 2.05) is 6.92 Å². The van der Waals surface area contributed by atoms with E-state index < -0.39 is 0 Å². The Morgan fingerprint density at radius 2 is 2.06 bits per heavy atom. The molecule has 0 aliphatic heterocycles. The van der Waals surface area contributed by atoms with Gasteiger partial charge < -0.3 is 0 Å². The second-order valence-corrected chi connectivity index (χ2v) is 4.23. The topological polar surface area (TPSA) is 39.8 Å². The quantitative estimate of drug-likeness (QED) is 0.712. The van der Waals surface area contributed by atoms with Gasteiger partial charge in [-0.15, -0.1) is 0 Å². The Kier molecular flexibility index (Phi) is 2.39. The van der Waals surface area contributed by atoms with Crippen LogP contribution in [-0.4, -0.2) is 14.1 Å². The standard InChI is InChI=1S/C11H12ClN3O/c1-6(2)9-10-7(5-8(12)13-9)14(3)11(16)15(10)4/h5H,1H2,2-4H3. The molecule has 0 bridgehead atoms. The SMILES string of the molecule is C=C(C)c1nc(Cl)cc2c1n(C)c(=O)n2C. The number of imidazole rings is 1. The molecule has 0 aromatic carbocycles. The van der Waals surface area contributed by atoms with Gasteiger partial charge in [-0.3, -0.25) is 9.13 Å². The maximum absolute atomic E-state index is 11.8. The molecule has 4 nitrogen and oxygen atoms in total. The van der Waals surface area contributed by atoms with E-state index in [1.54, 1.807) is 29.3 Å². The molecule has 2 aromatic heterocycles. The highest BCUT2D eigenvalue weighted by Gasteiger charge is 2.14. The zero-order chi connectivity index (χ0) is 12.0. The van der Waals surface area contributed by atoms with Crippen molar-refractivity contribution in [2.45, 2.75) is 6.92 Å². The van der Waals surface area contributed by atoms with Crippen molar-refractivity contribution in [1.29, 1.82) is 0 Å². The van der Waals surface area contributed by atoms with Crippen LogP contribution in [0.3, 0.4) is 0 Å². The van der Waals surface area contributed by atoms with E-state index in [1.165, 1.54) is 0 Å². The fraction of sp³-hybridized carbons (Fsp3) is 0.273. The molecule has 2 aromatic rings. The summed E-state index contributed by atoms with van der Waals surface area (Å²) >= 11 is 5.92. The minimum atomic E-state index is -0.0958. The van der Waals surface area contributed by atoms with Crippen LogP contribution in [0.15, 0.2) is 17.4 Å². The van der Waals surface area contributed by atoms with Crippen LogP contribution >= 0.6 is 11.6 Å². The Balaban J connectivity index is 3.08. The van der Waals surface area contributed by atoms with Gasteiger partial charge in [0.05, 0.1) is 16.7 Å². The molecular formula is C11H12ClN3O. The number of hydrogen-bond acceptors (Lipinski definition) is 2. The first-order valence-corrected chi connectivity index (χ1v) is 5.19. The summed E-state index contributed by atoms with van der Waals surface area (Å²) in [5, 5.41) is 0.367. The summed E-state index contributed by atoms with van der Waals surface area (Å²) in [5.74, 6) is 0. The smallest absolute Gasteiger partial charge is 0.295 e. The van der Waals surface area contributed by atoms with Crippen LogP contribution in [0.1, 0.15) is 12.6 Å². The van der Waals surface area contributed by atoms with E-state index in [0.29, 0.717) is 10.8 Å². The van der Waals surface area contributed by atoms with Gasteiger partial charge in [-0.2, -0.15) is 0 Å². The van der Waals surface area contributed by atoms with Crippen LogP contribution in [0.2, 0.25) is 5.15 Å². The van der Waals surface area contributed by atoms with Crippen molar-refractivity contribution in [2.24, 2.45) is 14.1 Å². The molecule has 84 valence electrons. The molecule has 0 fully saturated rings. The molecule has 0 spiro atoms. The fourth-order valence-corrected chi connectivity index (χ4v) is 1.99. The van der Waals surface area contributed by atoms with Crippen LogP contribution in [-0.2, 0) is 14.1 Å². The molecule has 0 unspecified atom stereocenters. The second-order valence-electron chi connectivity index (χ2n) is 3.84. The Labute approximate surface area is 97.8 Å². The van der Waals surface area contributed by atoms with Gasteiger partial charge >= 0.3 is 5.69 Å². The second kappa shape index (κ2) is 3.49. The highest BCUT2D eigenvalue weighted by atomic mass is 35.5. The molecule has 2 heterocycles. The maximum atomic E-state index is 11.8. The highest BCUT2D eigenvalue weighted by Crippen LogP contribution is 2.23. The van der Waals surface area contributed by atoms with Gasteiger partial charge in [0.1, 0.15) is 5.15 Å². The van der Waals surface area contributed by atoms with Gasteiger partial charge in [-0.05, 0) is 12.5 Å². The fourth-order valence-electron chi connectivity index (χ4n) is 1.80. The Bertz CT molecular complexity index is 651. The first-order chi connectivity index (χ1) is 7.43. The predicted molar refractivity (Wildman–Crippen MR) is 65.7 cm³/mol. The van der Waals surface area contributed by atoms with Crippen LogP contribution in [0, 0.1) is 0 Å². The lowest BCUT2D eigenvalue weighted by Crippen LogP contribution is -2.19. The Morgan fingerprint density at radius 1 is 1.44 bits per heavy atom. The van der Waals surface area contributed by atoms with Crippen LogP contribution in [0.4, 0.5) is 0 Å². The summed E-state index contributed by atoms with van der Waals surface area (Å²) < 4.78 is 3.11. The summed E-state index contributed by atoms with van der Waals surface area (Å²) in [4.78, 5) is 16.0. The number of aryl methyl sites for hydroxylation is 2. The minimum Gasteiger partial charge on any atom is -0.295 e. The number of hydrogen-bond donors (Lipinski definition) is 0. The first kappa shape index (κ1) is 11.0. The third-order valence-corrected chi connectivity index (χ3v) is 2.81. The third kappa shape index (κ3) is 1.38. The lowest BCUT2D eigenvalue weighted by atomic mass is 10.2. The molecule has 16 heavy (non-hydrogen) atoms. The van der Waals surface area contributed by atoms with Gasteiger partial charge in [-0.25, -0.2) is 9.78 Å². The van der Waals surface area contributed by atoms with E-state index in [9.17, 15) is 4.79 Å². The van der Waals surface area contributed by atoms with Crippen molar-refractivity contribution in [3.63, 3.8) is 0 Å². The predicted octanol–water partition coefficient (Wildman–Crippen LogP) is 1.96. The molecule has 5 heteroatoms. The van der Waals surface area contributed by atoms with Crippen LogP contribution in [0.5, 0.6) is 0 Å². The number of rotatable bonds is 1. The number of nitrogens with zero attached hydrogens (tertiary/aromatic N) is 3. The van der Waals surface area contributed by atoms with Crippen molar-refractivity contribution in [2.75, 3.05) is 0 Å². The number of halogens is 1. The van der Waals surface area contributed by atoms with E-state index in [4.69, 9.17) is 11.6 Å². The average molecular weight is 238 g/mol. The number of fused-ring (bicyclic) bond motifs is 1.